The minimum atomic E-state index is -0.278. The summed E-state index contributed by atoms with van der Waals surface area (Å²) in [4.78, 5) is 6.58. The average molecular weight is 251 g/mol. The highest BCUT2D eigenvalue weighted by Crippen LogP contribution is 2.24. The molecule has 1 atom stereocenters. The number of aromatic nitrogens is 1. The molecule has 0 bridgehead atoms. The lowest BCUT2D eigenvalue weighted by molar-refractivity contribution is 0.153. The van der Waals surface area contributed by atoms with E-state index in [9.17, 15) is 4.39 Å². The Morgan fingerprint density at radius 1 is 1.50 bits per heavy atom. The van der Waals surface area contributed by atoms with Gasteiger partial charge >= 0.3 is 0 Å². The summed E-state index contributed by atoms with van der Waals surface area (Å²) in [6.45, 7) is 1.05. The molecule has 0 saturated heterocycles. The SMILES string of the molecule is CNC(CCN(C)C1CCC1)c1ccc(F)cn1. The monoisotopic (exact) mass is 251 g/mol. The van der Waals surface area contributed by atoms with Crippen molar-refractivity contribution in [1.29, 1.82) is 0 Å². The van der Waals surface area contributed by atoms with Gasteiger partial charge < -0.3 is 10.2 Å². The van der Waals surface area contributed by atoms with Crippen molar-refractivity contribution in [3.8, 4) is 0 Å². The Kier molecular flexibility index (Phi) is 4.66. The van der Waals surface area contributed by atoms with Crippen LogP contribution < -0.4 is 5.32 Å². The van der Waals surface area contributed by atoms with Crippen LogP contribution in [-0.4, -0.2) is 36.6 Å². The maximum absolute atomic E-state index is 12.8. The van der Waals surface area contributed by atoms with Crippen LogP contribution in [0.2, 0.25) is 0 Å². The quantitative estimate of drug-likeness (QED) is 0.841. The topological polar surface area (TPSA) is 28.2 Å². The van der Waals surface area contributed by atoms with E-state index >= 15 is 0 Å². The summed E-state index contributed by atoms with van der Waals surface area (Å²) in [5.41, 5.74) is 0.918. The van der Waals surface area contributed by atoms with Crippen molar-refractivity contribution < 1.29 is 4.39 Å². The molecule has 1 aliphatic rings. The van der Waals surface area contributed by atoms with Crippen LogP contribution in [0.4, 0.5) is 4.39 Å². The van der Waals surface area contributed by atoms with E-state index in [1.807, 2.05) is 7.05 Å². The van der Waals surface area contributed by atoms with Gasteiger partial charge in [0.1, 0.15) is 5.82 Å². The van der Waals surface area contributed by atoms with Crippen LogP contribution in [0, 0.1) is 5.82 Å². The van der Waals surface area contributed by atoms with Gasteiger partial charge in [-0.05, 0) is 52.0 Å². The van der Waals surface area contributed by atoms with Crippen molar-refractivity contribution in [1.82, 2.24) is 15.2 Å². The van der Waals surface area contributed by atoms with E-state index in [1.165, 1.54) is 31.5 Å². The fourth-order valence-electron chi connectivity index (χ4n) is 2.38. The molecule has 1 aliphatic carbocycles. The van der Waals surface area contributed by atoms with Crippen LogP contribution in [0.3, 0.4) is 0 Å². The first-order valence-electron chi connectivity index (χ1n) is 6.69. The summed E-state index contributed by atoms with van der Waals surface area (Å²) >= 11 is 0. The van der Waals surface area contributed by atoms with Crippen LogP contribution in [-0.2, 0) is 0 Å². The van der Waals surface area contributed by atoms with Gasteiger partial charge in [-0.15, -0.1) is 0 Å². The number of rotatable bonds is 6. The molecule has 0 aromatic carbocycles. The lowest BCUT2D eigenvalue weighted by Gasteiger charge is -2.35. The Labute approximate surface area is 108 Å². The average Bonchev–Trinajstić information content (AvgIpc) is 2.30. The van der Waals surface area contributed by atoms with Gasteiger partial charge in [-0.1, -0.05) is 6.42 Å². The number of hydrogen-bond acceptors (Lipinski definition) is 3. The van der Waals surface area contributed by atoms with E-state index in [4.69, 9.17) is 0 Å². The maximum Gasteiger partial charge on any atom is 0.141 e. The largest absolute Gasteiger partial charge is 0.312 e. The summed E-state index contributed by atoms with van der Waals surface area (Å²) in [6, 6.07) is 4.21. The number of nitrogens with one attached hydrogen (secondary N) is 1. The molecule has 1 aromatic heterocycles. The van der Waals surface area contributed by atoms with Crippen molar-refractivity contribution >= 4 is 0 Å². The number of hydrogen-bond donors (Lipinski definition) is 1. The van der Waals surface area contributed by atoms with E-state index < -0.39 is 0 Å². The molecule has 0 spiro atoms. The van der Waals surface area contributed by atoms with Crippen LogP contribution in [0.5, 0.6) is 0 Å². The standard InChI is InChI=1S/C14H22FN3/c1-16-13(14-7-6-11(15)10-17-14)8-9-18(2)12-4-3-5-12/h6-7,10,12-13,16H,3-5,8-9H2,1-2H3. The van der Waals surface area contributed by atoms with Gasteiger partial charge in [0.05, 0.1) is 17.9 Å². The van der Waals surface area contributed by atoms with E-state index in [-0.39, 0.29) is 11.9 Å². The Bertz CT molecular complexity index is 362. The van der Waals surface area contributed by atoms with Crippen LogP contribution >= 0.6 is 0 Å². The fraction of sp³-hybridized carbons (Fsp3) is 0.643. The summed E-state index contributed by atoms with van der Waals surface area (Å²) in [5.74, 6) is -0.278. The van der Waals surface area contributed by atoms with E-state index in [0.29, 0.717) is 0 Å². The Morgan fingerprint density at radius 3 is 2.78 bits per heavy atom. The Hall–Kier alpha value is -1.00. The summed E-state index contributed by atoms with van der Waals surface area (Å²) in [6.07, 6.45) is 6.31. The predicted octanol–water partition coefficient (Wildman–Crippen LogP) is 2.36. The second-order valence-corrected chi connectivity index (χ2v) is 5.10. The smallest absolute Gasteiger partial charge is 0.141 e. The molecule has 0 amide bonds. The van der Waals surface area contributed by atoms with E-state index in [0.717, 1.165) is 24.7 Å². The zero-order valence-corrected chi connectivity index (χ0v) is 11.2. The van der Waals surface area contributed by atoms with E-state index in [1.54, 1.807) is 6.07 Å². The molecule has 1 aromatic rings. The van der Waals surface area contributed by atoms with Crippen molar-refractivity contribution in [2.75, 3.05) is 20.6 Å². The molecule has 2 rings (SSSR count). The van der Waals surface area contributed by atoms with Gasteiger partial charge in [0.2, 0.25) is 0 Å². The molecule has 1 N–H and O–H groups in total. The highest BCUT2D eigenvalue weighted by molar-refractivity contribution is 5.09. The second kappa shape index (κ2) is 6.25. The van der Waals surface area contributed by atoms with E-state index in [2.05, 4.69) is 22.2 Å². The molecule has 100 valence electrons. The van der Waals surface area contributed by atoms with Gasteiger partial charge in [0.15, 0.2) is 0 Å². The molecule has 1 saturated carbocycles. The van der Waals surface area contributed by atoms with Gasteiger partial charge in [-0.3, -0.25) is 4.98 Å². The van der Waals surface area contributed by atoms with Gasteiger partial charge in [0, 0.05) is 6.04 Å². The zero-order chi connectivity index (χ0) is 13.0. The predicted molar refractivity (Wildman–Crippen MR) is 70.9 cm³/mol. The van der Waals surface area contributed by atoms with Crippen molar-refractivity contribution in [3.05, 3.63) is 29.8 Å². The Morgan fingerprint density at radius 2 is 2.28 bits per heavy atom. The fourth-order valence-corrected chi connectivity index (χ4v) is 2.38. The van der Waals surface area contributed by atoms with Crippen LogP contribution in [0.1, 0.15) is 37.4 Å². The van der Waals surface area contributed by atoms with Gasteiger partial charge in [0.25, 0.3) is 0 Å². The minimum Gasteiger partial charge on any atom is -0.312 e. The molecule has 0 radical (unpaired) electrons. The van der Waals surface area contributed by atoms with Crippen LogP contribution in [0.25, 0.3) is 0 Å². The highest BCUT2D eigenvalue weighted by Gasteiger charge is 2.22. The Balaban J connectivity index is 1.86. The third kappa shape index (κ3) is 3.27. The van der Waals surface area contributed by atoms with Crippen molar-refractivity contribution in [2.24, 2.45) is 0 Å². The molecule has 0 aliphatic heterocycles. The molecule has 4 heteroatoms. The third-order valence-electron chi connectivity index (χ3n) is 3.92. The molecule has 1 fully saturated rings. The number of pyridine rings is 1. The first kappa shape index (κ1) is 13.4. The minimum absolute atomic E-state index is 0.202. The lowest BCUT2D eigenvalue weighted by atomic mass is 9.91. The van der Waals surface area contributed by atoms with Crippen molar-refractivity contribution in [2.45, 2.75) is 37.8 Å². The summed E-state index contributed by atoms with van der Waals surface area (Å²) in [7, 11) is 4.12. The van der Waals surface area contributed by atoms with Gasteiger partial charge in [-0.25, -0.2) is 4.39 Å². The highest BCUT2D eigenvalue weighted by atomic mass is 19.1. The lowest BCUT2D eigenvalue weighted by Crippen LogP contribution is -2.38. The molecule has 3 nitrogen and oxygen atoms in total. The molecular weight excluding hydrogens is 229 g/mol. The number of nitrogens with zero attached hydrogens (tertiary/aromatic N) is 2. The summed E-state index contributed by atoms with van der Waals surface area (Å²) in [5, 5.41) is 3.26. The first-order chi connectivity index (χ1) is 8.70. The van der Waals surface area contributed by atoms with Crippen molar-refractivity contribution in [3.63, 3.8) is 0 Å². The summed E-state index contributed by atoms with van der Waals surface area (Å²) < 4.78 is 12.8. The molecular formula is C14H22FN3. The second-order valence-electron chi connectivity index (χ2n) is 5.10. The van der Waals surface area contributed by atoms with Crippen LogP contribution in [0.15, 0.2) is 18.3 Å². The molecule has 18 heavy (non-hydrogen) atoms. The molecule has 1 heterocycles. The maximum atomic E-state index is 12.8. The zero-order valence-electron chi connectivity index (χ0n) is 11.2. The van der Waals surface area contributed by atoms with Gasteiger partial charge in [-0.2, -0.15) is 0 Å². The normalized spacial score (nSPS) is 17.8. The third-order valence-corrected chi connectivity index (χ3v) is 3.92. The number of halogens is 1. The first-order valence-corrected chi connectivity index (χ1v) is 6.69. The molecule has 1 unspecified atom stereocenters.